The highest BCUT2D eigenvalue weighted by atomic mass is 16.5. The van der Waals surface area contributed by atoms with Crippen molar-refractivity contribution in [3.63, 3.8) is 0 Å². The van der Waals surface area contributed by atoms with Crippen molar-refractivity contribution in [2.45, 2.75) is 38.0 Å². The molecular formula is C16H24N2O2. The maximum atomic E-state index is 12.3. The lowest BCUT2D eigenvalue weighted by Gasteiger charge is -2.24. The summed E-state index contributed by atoms with van der Waals surface area (Å²) < 4.78 is 4.96. The van der Waals surface area contributed by atoms with Gasteiger partial charge in [-0.15, -0.1) is 0 Å². The number of nitrogen functional groups attached to an aromatic ring is 1. The van der Waals surface area contributed by atoms with Crippen LogP contribution >= 0.6 is 0 Å². The van der Waals surface area contributed by atoms with Gasteiger partial charge < -0.3 is 15.8 Å². The van der Waals surface area contributed by atoms with Crippen LogP contribution in [0, 0.1) is 0 Å². The van der Waals surface area contributed by atoms with E-state index >= 15 is 0 Å². The molecule has 0 unspecified atom stereocenters. The highest BCUT2D eigenvalue weighted by Crippen LogP contribution is 2.35. The van der Waals surface area contributed by atoms with Gasteiger partial charge in [0.1, 0.15) is 0 Å². The van der Waals surface area contributed by atoms with Gasteiger partial charge in [0.05, 0.1) is 6.61 Å². The Kier molecular flexibility index (Phi) is 5.41. The molecule has 1 aliphatic carbocycles. The van der Waals surface area contributed by atoms with Gasteiger partial charge in [0.25, 0.3) is 5.91 Å². The number of amides is 1. The average molecular weight is 276 g/mol. The number of carbonyl (C=O) groups excluding carboxylic acids is 1. The summed E-state index contributed by atoms with van der Waals surface area (Å²) in [6, 6.07) is 5.72. The number of nitrogens with two attached hydrogens (primary N) is 1. The fourth-order valence-electron chi connectivity index (χ4n) is 2.90. The number of nitrogens with one attached hydrogen (secondary N) is 1. The third kappa shape index (κ3) is 3.73. The Bertz CT molecular complexity index is 454. The number of ether oxygens (including phenoxy) is 1. The van der Waals surface area contributed by atoms with Gasteiger partial charge in [0, 0.05) is 24.9 Å². The molecule has 2 rings (SSSR count). The molecule has 1 aromatic rings. The lowest BCUT2D eigenvalue weighted by Crippen LogP contribution is -2.28. The molecule has 0 bridgehead atoms. The molecular weight excluding hydrogens is 252 g/mol. The van der Waals surface area contributed by atoms with E-state index in [1.54, 1.807) is 13.2 Å². The first-order valence-electron chi connectivity index (χ1n) is 7.39. The second-order valence-electron chi connectivity index (χ2n) is 5.43. The van der Waals surface area contributed by atoms with Gasteiger partial charge in [0.15, 0.2) is 0 Å². The normalized spacial score (nSPS) is 16.1. The zero-order chi connectivity index (χ0) is 14.4. The first-order valence-corrected chi connectivity index (χ1v) is 7.39. The van der Waals surface area contributed by atoms with Crippen LogP contribution in [-0.4, -0.2) is 26.2 Å². The van der Waals surface area contributed by atoms with Gasteiger partial charge in [-0.25, -0.2) is 0 Å². The Morgan fingerprint density at radius 3 is 2.80 bits per heavy atom. The molecule has 1 aromatic carbocycles. The summed E-state index contributed by atoms with van der Waals surface area (Å²) in [5.74, 6) is 0.447. The van der Waals surface area contributed by atoms with Gasteiger partial charge in [0.2, 0.25) is 0 Å². The van der Waals surface area contributed by atoms with Gasteiger partial charge in [-0.05, 0) is 36.5 Å². The Morgan fingerprint density at radius 1 is 1.35 bits per heavy atom. The zero-order valence-electron chi connectivity index (χ0n) is 12.2. The van der Waals surface area contributed by atoms with Crippen LogP contribution in [0.3, 0.4) is 0 Å². The molecule has 0 heterocycles. The summed E-state index contributed by atoms with van der Waals surface area (Å²) in [6.45, 7) is 1.04. The molecule has 20 heavy (non-hydrogen) atoms. The van der Waals surface area contributed by atoms with Gasteiger partial charge in [-0.2, -0.15) is 0 Å². The molecule has 4 nitrogen and oxygen atoms in total. The summed E-state index contributed by atoms with van der Waals surface area (Å²) in [5.41, 5.74) is 8.36. The van der Waals surface area contributed by atoms with Crippen LogP contribution in [0.15, 0.2) is 18.2 Å². The number of carbonyl (C=O) groups is 1. The highest BCUT2D eigenvalue weighted by molar-refractivity contribution is 5.96. The van der Waals surface area contributed by atoms with Crippen molar-refractivity contribution < 1.29 is 9.53 Å². The Labute approximate surface area is 120 Å². The van der Waals surface area contributed by atoms with Crippen LogP contribution in [-0.2, 0) is 4.74 Å². The third-order valence-electron chi connectivity index (χ3n) is 3.96. The molecule has 0 radical (unpaired) electrons. The van der Waals surface area contributed by atoms with Gasteiger partial charge in [-0.3, -0.25) is 4.79 Å². The molecule has 1 fully saturated rings. The van der Waals surface area contributed by atoms with Crippen molar-refractivity contribution >= 4 is 11.6 Å². The fourth-order valence-corrected chi connectivity index (χ4v) is 2.90. The minimum absolute atomic E-state index is 0.0464. The van der Waals surface area contributed by atoms with E-state index in [1.807, 2.05) is 12.1 Å². The summed E-state index contributed by atoms with van der Waals surface area (Å²) in [6.07, 6.45) is 6.14. The standard InChI is InChI=1S/C16H24N2O2/c1-20-10-9-18-16(19)15-11-13(17)7-8-14(15)12-5-3-2-4-6-12/h7-8,11-12H,2-6,9-10,17H2,1H3,(H,18,19). The number of anilines is 1. The molecule has 3 N–H and O–H groups in total. The van der Waals surface area contributed by atoms with E-state index in [0.717, 1.165) is 11.1 Å². The predicted octanol–water partition coefficient (Wildman–Crippen LogP) is 2.69. The average Bonchev–Trinajstić information content (AvgIpc) is 2.48. The van der Waals surface area contributed by atoms with Crippen molar-refractivity contribution in [3.8, 4) is 0 Å². The van der Waals surface area contributed by atoms with Crippen LogP contribution in [0.25, 0.3) is 0 Å². The lowest BCUT2D eigenvalue weighted by atomic mass is 9.82. The smallest absolute Gasteiger partial charge is 0.251 e. The second-order valence-corrected chi connectivity index (χ2v) is 5.43. The van der Waals surface area contributed by atoms with Crippen molar-refractivity contribution in [2.75, 3.05) is 26.0 Å². The largest absolute Gasteiger partial charge is 0.399 e. The first kappa shape index (κ1) is 14.9. The van der Waals surface area contributed by atoms with Crippen LogP contribution in [0.1, 0.15) is 53.9 Å². The van der Waals surface area contributed by atoms with Crippen LogP contribution < -0.4 is 11.1 Å². The molecule has 0 atom stereocenters. The SMILES string of the molecule is COCCNC(=O)c1cc(N)ccc1C1CCCCC1. The Balaban J connectivity index is 2.16. The molecule has 1 aliphatic rings. The number of hydrogen-bond donors (Lipinski definition) is 2. The predicted molar refractivity (Wildman–Crippen MR) is 80.9 cm³/mol. The molecule has 0 spiro atoms. The molecule has 1 amide bonds. The van der Waals surface area contributed by atoms with Crippen molar-refractivity contribution in [3.05, 3.63) is 29.3 Å². The van der Waals surface area contributed by atoms with Crippen molar-refractivity contribution in [2.24, 2.45) is 0 Å². The van der Waals surface area contributed by atoms with Crippen molar-refractivity contribution in [1.82, 2.24) is 5.32 Å². The molecule has 1 saturated carbocycles. The van der Waals surface area contributed by atoms with E-state index < -0.39 is 0 Å². The monoisotopic (exact) mass is 276 g/mol. The Hall–Kier alpha value is -1.55. The zero-order valence-corrected chi connectivity index (χ0v) is 12.2. The van der Waals surface area contributed by atoms with E-state index in [0.29, 0.717) is 24.8 Å². The number of hydrogen-bond acceptors (Lipinski definition) is 3. The molecule has 0 saturated heterocycles. The summed E-state index contributed by atoms with van der Waals surface area (Å²) in [5, 5.41) is 2.89. The number of benzene rings is 1. The van der Waals surface area contributed by atoms with Crippen LogP contribution in [0.4, 0.5) is 5.69 Å². The molecule has 4 heteroatoms. The van der Waals surface area contributed by atoms with E-state index in [1.165, 1.54) is 32.1 Å². The topological polar surface area (TPSA) is 64.3 Å². The Morgan fingerprint density at radius 2 is 2.10 bits per heavy atom. The van der Waals surface area contributed by atoms with E-state index in [9.17, 15) is 4.79 Å². The highest BCUT2D eigenvalue weighted by Gasteiger charge is 2.21. The summed E-state index contributed by atoms with van der Waals surface area (Å²) in [7, 11) is 1.63. The fraction of sp³-hybridized carbons (Fsp3) is 0.562. The molecule has 0 aromatic heterocycles. The van der Waals surface area contributed by atoms with Crippen LogP contribution in [0.5, 0.6) is 0 Å². The molecule has 0 aliphatic heterocycles. The van der Waals surface area contributed by atoms with E-state index in [2.05, 4.69) is 5.32 Å². The minimum atomic E-state index is -0.0464. The lowest BCUT2D eigenvalue weighted by molar-refractivity contribution is 0.0935. The number of rotatable bonds is 5. The summed E-state index contributed by atoms with van der Waals surface area (Å²) >= 11 is 0. The van der Waals surface area contributed by atoms with E-state index in [-0.39, 0.29) is 5.91 Å². The summed E-state index contributed by atoms with van der Waals surface area (Å²) in [4.78, 5) is 12.3. The van der Waals surface area contributed by atoms with Gasteiger partial charge >= 0.3 is 0 Å². The van der Waals surface area contributed by atoms with Crippen LogP contribution in [0.2, 0.25) is 0 Å². The van der Waals surface area contributed by atoms with Crippen molar-refractivity contribution in [1.29, 1.82) is 0 Å². The third-order valence-corrected chi connectivity index (χ3v) is 3.96. The maximum absolute atomic E-state index is 12.3. The minimum Gasteiger partial charge on any atom is -0.399 e. The quantitative estimate of drug-likeness (QED) is 0.642. The first-order chi connectivity index (χ1) is 9.72. The number of methoxy groups -OCH3 is 1. The second kappa shape index (κ2) is 7.29. The van der Waals surface area contributed by atoms with E-state index in [4.69, 9.17) is 10.5 Å². The van der Waals surface area contributed by atoms with Gasteiger partial charge in [-0.1, -0.05) is 25.3 Å². The molecule has 110 valence electrons. The maximum Gasteiger partial charge on any atom is 0.251 e.